The molecule has 90 valence electrons. The molecule has 2 rings (SSSR count). The second kappa shape index (κ2) is 4.33. The highest BCUT2D eigenvalue weighted by Gasteiger charge is 2.55. The molecule has 0 radical (unpaired) electrons. The van der Waals surface area contributed by atoms with E-state index in [0.717, 1.165) is 0 Å². The lowest BCUT2D eigenvalue weighted by atomic mass is 10.1. The van der Waals surface area contributed by atoms with E-state index in [1.165, 1.54) is 24.3 Å². The number of hydrogen-bond donors (Lipinski definition) is 2. The maximum Gasteiger partial charge on any atom is 0.253 e. The van der Waals surface area contributed by atoms with Gasteiger partial charge < -0.3 is 0 Å². The Kier molecular flexibility index (Phi) is 3.02. The SMILES string of the molecule is O=C(Cl)C1(C(=O)NNc2ccc(F)cc2)CC1. The maximum atomic E-state index is 12.6. The van der Waals surface area contributed by atoms with Crippen molar-refractivity contribution >= 4 is 28.4 Å². The van der Waals surface area contributed by atoms with Crippen LogP contribution in [0.2, 0.25) is 0 Å². The van der Waals surface area contributed by atoms with Crippen molar-refractivity contribution in [1.82, 2.24) is 5.43 Å². The summed E-state index contributed by atoms with van der Waals surface area (Å²) in [6, 6.07) is 5.46. The Labute approximate surface area is 102 Å². The van der Waals surface area contributed by atoms with E-state index in [4.69, 9.17) is 11.6 Å². The van der Waals surface area contributed by atoms with Gasteiger partial charge in [-0.3, -0.25) is 20.4 Å². The van der Waals surface area contributed by atoms with Crippen molar-refractivity contribution in [3.05, 3.63) is 30.1 Å². The van der Waals surface area contributed by atoms with Crippen molar-refractivity contribution in [2.45, 2.75) is 12.8 Å². The van der Waals surface area contributed by atoms with E-state index in [1.54, 1.807) is 0 Å². The van der Waals surface area contributed by atoms with Crippen molar-refractivity contribution in [2.75, 3.05) is 5.43 Å². The van der Waals surface area contributed by atoms with Gasteiger partial charge in [-0.05, 0) is 48.7 Å². The van der Waals surface area contributed by atoms with E-state index in [-0.39, 0.29) is 5.82 Å². The molecule has 0 bridgehead atoms. The van der Waals surface area contributed by atoms with Gasteiger partial charge in [-0.25, -0.2) is 4.39 Å². The van der Waals surface area contributed by atoms with Crippen molar-refractivity contribution in [1.29, 1.82) is 0 Å². The van der Waals surface area contributed by atoms with Crippen molar-refractivity contribution in [3.63, 3.8) is 0 Å². The highest BCUT2D eigenvalue weighted by Crippen LogP contribution is 2.47. The van der Waals surface area contributed by atoms with Crippen LogP contribution in [0.4, 0.5) is 10.1 Å². The maximum absolute atomic E-state index is 12.6. The average Bonchev–Trinajstić information content (AvgIpc) is 3.09. The molecule has 0 aromatic heterocycles. The van der Waals surface area contributed by atoms with Gasteiger partial charge in [0.1, 0.15) is 11.2 Å². The lowest BCUT2D eigenvalue weighted by molar-refractivity contribution is -0.131. The first-order valence-corrected chi connectivity index (χ1v) is 5.44. The Morgan fingerprint density at radius 2 is 1.82 bits per heavy atom. The molecular formula is C11H10ClFN2O2. The molecule has 2 N–H and O–H groups in total. The molecule has 6 heteroatoms. The second-order valence-corrected chi connectivity index (χ2v) is 4.29. The van der Waals surface area contributed by atoms with Crippen LogP contribution in [0.25, 0.3) is 0 Å². The minimum Gasteiger partial charge on any atom is -0.299 e. The Morgan fingerprint density at radius 3 is 2.29 bits per heavy atom. The van der Waals surface area contributed by atoms with Crippen molar-refractivity contribution in [2.24, 2.45) is 5.41 Å². The van der Waals surface area contributed by atoms with E-state index >= 15 is 0 Å². The number of carbonyl (C=O) groups excluding carboxylic acids is 2. The van der Waals surface area contributed by atoms with Crippen molar-refractivity contribution < 1.29 is 14.0 Å². The summed E-state index contributed by atoms with van der Waals surface area (Å²) >= 11 is 5.35. The molecule has 0 unspecified atom stereocenters. The predicted molar refractivity (Wildman–Crippen MR) is 60.7 cm³/mol. The van der Waals surface area contributed by atoms with E-state index in [2.05, 4.69) is 10.9 Å². The second-order valence-electron chi connectivity index (χ2n) is 3.94. The third-order valence-corrected chi connectivity index (χ3v) is 3.09. The van der Waals surface area contributed by atoms with Crippen LogP contribution in [-0.4, -0.2) is 11.1 Å². The molecule has 1 aliphatic rings. The number of halogens is 2. The van der Waals surface area contributed by atoms with Crippen LogP contribution in [0.3, 0.4) is 0 Å². The first-order chi connectivity index (χ1) is 8.04. The van der Waals surface area contributed by atoms with E-state index in [9.17, 15) is 14.0 Å². The summed E-state index contributed by atoms with van der Waals surface area (Å²) in [7, 11) is 0. The predicted octanol–water partition coefficient (Wildman–Crippen LogP) is 1.81. The third kappa shape index (κ3) is 2.39. The van der Waals surface area contributed by atoms with Crippen LogP contribution in [0.5, 0.6) is 0 Å². The highest BCUT2D eigenvalue weighted by atomic mass is 35.5. The van der Waals surface area contributed by atoms with Gasteiger partial charge in [0, 0.05) is 0 Å². The molecule has 4 nitrogen and oxygen atoms in total. The Hall–Kier alpha value is -1.62. The number of hydrogen-bond acceptors (Lipinski definition) is 3. The van der Waals surface area contributed by atoms with Crippen LogP contribution in [0.1, 0.15) is 12.8 Å². The van der Waals surface area contributed by atoms with Crippen LogP contribution in [-0.2, 0) is 9.59 Å². The molecule has 17 heavy (non-hydrogen) atoms. The lowest BCUT2D eigenvalue weighted by Crippen LogP contribution is -2.38. The zero-order valence-electron chi connectivity index (χ0n) is 8.80. The summed E-state index contributed by atoms with van der Waals surface area (Å²) in [5.74, 6) is -0.821. The summed E-state index contributed by atoms with van der Waals surface area (Å²) in [6.07, 6.45) is 0.929. The minimum atomic E-state index is -1.07. The van der Waals surface area contributed by atoms with Gasteiger partial charge in [-0.1, -0.05) is 0 Å². The van der Waals surface area contributed by atoms with Crippen LogP contribution < -0.4 is 10.9 Å². The molecule has 1 saturated carbocycles. The average molecular weight is 257 g/mol. The number of hydrazine groups is 1. The normalized spacial score (nSPS) is 16.1. The molecule has 1 amide bonds. The molecule has 0 saturated heterocycles. The van der Waals surface area contributed by atoms with E-state index < -0.39 is 16.6 Å². The molecule has 1 fully saturated rings. The summed E-state index contributed by atoms with van der Waals surface area (Å²) in [4.78, 5) is 22.7. The Morgan fingerprint density at radius 1 is 1.24 bits per heavy atom. The van der Waals surface area contributed by atoms with Crippen LogP contribution >= 0.6 is 11.6 Å². The minimum absolute atomic E-state index is 0.364. The topological polar surface area (TPSA) is 58.2 Å². The Bertz CT molecular complexity index is 457. The van der Waals surface area contributed by atoms with Gasteiger partial charge in [-0.15, -0.1) is 0 Å². The van der Waals surface area contributed by atoms with E-state index in [0.29, 0.717) is 18.5 Å². The van der Waals surface area contributed by atoms with Gasteiger partial charge in [0.15, 0.2) is 0 Å². The summed E-state index contributed by atoms with van der Waals surface area (Å²) in [5, 5.41) is -0.643. The molecular weight excluding hydrogens is 247 g/mol. The first-order valence-electron chi connectivity index (χ1n) is 5.06. The smallest absolute Gasteiger partial charge is 0.253 e. The zero-order chi connectivity index (χ0) is 12.5. The summed E-state index contributed by atoms with van der Waals surface area (Å²) < 4.78 is 12.6. The van der Waals surface area contributed by atoms with Gasteiger partial charge in [0.25, 0.3) is 5.91 Å². The molecule has 1 aliphatic carbocycles. The fourth-order valence-corrected chi connectivity index (χ4v) is 1.69. The highest BCUT2D eigenvalue weighted by molar-refractivity contribution is 6.67. The number of nitrogens with one attached hydrogen (secondary N) is 2. The quantitative estimate of drug-likeness (QED) is 0.491. The van der Waals surface area contributed by atoms with Gasteiger partial charge >= 0.3 is 0 Å². The fourth-order valence-electron chi connectivity index (χ4n) is 1.42. The molecule has 0 aliphatic heterocycles. The molecule has 1 aromatic carbocycles. The number of anilines is 1. The number of carbonyl (C=O) groups is 2. The third-order valence-electron chi connectivity index (χ3n) is 2.73. The van der Waals surface area contributed by atoms with Gasteiger partial charge in [-0.2, -0.15) is 0 Å². The standard InChI is InChI=1S/C11H10ClFN2O2/c12-9(16)11(5-6-11)10(17)15-14-8-3-1-7(13)2-4-8/h1-4,14H,5-6H2,(H,15,17). The van der Waals surface area contributed by atoms with E-state index in [1.807, 2.05) is 0 Å². The Balaban J connectivity index is 1.93. The molecule has 0 heterocycles. The number of amides is 1. The number of rotatable bonds is 4. The van der Waals surface area contributed by atoms with Crippen LogP contribution in [0, 0.1) is 11.2 Å². The van der Waals surface area contributed by atoms with Crippen molar-refractivity contribution in [3.8, 4) is 0 Å². The van der Waals surface area contributed by atoms with Gasteiger partial charge in [0.05, 0.1) is 5.69 Å². The monoisotopic (exact) mass is 256 g/mol. The molecule has 0 atom stereocenters. The lowest BCUT2D eigenvalue weighted by Gasteiger charge is -2.12. The molecule has 1 aromatic rings. The molecule has 0 spiro atoms. The fraction of sp³-hybridized carbons (Fsp3) is 0.273. The number of benzene rings is 1. The largest absolute Gasteiger partial charge is 0.299 e. The van der Waals surface area contributed by atoms with Gasteiger partial charge in [0.2, 0.25) is 5.24 Å². The zero-order valence-corrected chi connectivity index (χ0v) is 9.55. The summed E-state index contributed by atoms with van der Waals surface area (Å²) in [6.45, 7) is 0. The first kappa shape index (κ1) is 11.9. The van der Waals surface area contributed by atoms with Crippen LogP contribution in [0.15, 0.2) is 24.3 Å². The summed E-state index contributed by atoms with van der Waals surface area (Å²) in [5.41, 5.74) is 4.43.